The zero-order chi connectivity index (χ0) is 18.4. The first-order valence-electron chi connectivity index (χ1n) is 9.26. The SMILES string of the molecule is CCc1ccc(NC(=O)CSc2cc(N3CCCC[C@H]3C)ncn2)cc1. The van der Waals surface area contributed by atoms with Crippen LogP contribution < -0.4 is 10.2 Å². The molecule has 5 nitrogen and oxygen atoms in total. The van der Waals surface area contributed by atoms with E-state index in [2.05, 4.69) is 34.0 Å². The van der Waals surface area contributed by atoms with Gasteiger partial charge in [0, 0.05) is 24.3 Å². The molecule has 1 atom stereocenters. The standard InChI is InChI=1S/C20H26N4OS/c1-3-16-7-9-17(10-8-16)23-19(25)13-26-20-12-18(21-14-22-20)24-11-5-4-6-15(24)2/h7-10,12,14-15H,3-6,11,13H2,1-2H3,(H,23,25)/t15-/m1/s1. The summed E-state index contributed by atoms with van der Waals surface area (Å²) in [6, 6.07) is 10.5. The second kappa shape index (κ2) is 9.03. The van der Waals surface area contributed by atoms with Gasteiger partial charge in [-0.1, -0.05) is 30.8 Å². The number of aryl methyl sites for hydroxylation is 1. The van der Waals surface area contributed by atoms with Gasteiger partial charge in [0.15, 0.2) is 0 Å². The van der Waals surface area contributed by atoms with Crippen molar-refractivity contribution in [1.82, 2.24) is 9.97 Å². The van der Waals surface area contributed by atoms with Gasteiger partial charge in [-0.15, -0.1) is 0 Å². The number of thioether (sulfide) groups is 1. The van der Waals surface area contributed by atoms with Crippen LogP contribution in [0.4, 0.5) is 11.5 Å². The van der Waals surface area contributed by atoms with Gasteiger partial charge < -0.3 is 10.2 Å². The number of amides is 1. The minimum atomic E-state index is -0.0225. The van der Waals surface area contributed by atoms with Crippen LogP contribution in [0.25, 0.3) is 0 Å². The van der Waals surface area contributed by atoms with E-state index in [1.165, 1.54) is 36.6 Å². The van der Waals surface area contributed by atoms with Crippen molar-refractivity contribution in [2.45, 2.75) is 50.6 Å². The first-order valence-corrected chi connectivity index (χ1v) is 10.2. The highest BCUT2D eigenvalue weighted by Crippen LogP contribution is 2.25. The van der Waals surface area contributed by atoms with Gasteiger partial charge in [-0.2, -0.15) is 0 Å². The molecule has 1 saturated heterocycles. The van der Waals surface area contributed by atoms with Crippen molar-refractivity contribution in [3.05, 3.63) is 42.2 Å². The van der Waals surface area contributed by atoms with Gasteiger partial charge in [0.25, 0.3) is 0 Å². The van der Waals surface area contributed by atoms with Gasteiger partial charge in [-0.3, -0.25) is 4.79 Å². The molecule has 26 heavy (non-hydrogen) atoms. The van der Waals surface area contributed by atoms with Crippen LogP contribution in [0.3, 0.4) is 0 Å². The molecule has 6 heteroatoms. The van der Waals surface area contributed by atoms with Crippen LogP contribution in [-0.4, -0.2) is 34.2 Å². The third-order valence-corrected chi connectivity index (χ3v) is 5.65. The maximum Gasteiger partial charge on any atom is 0.234 e. The summed E-state index contributed by atoms with van der Waals surface area (Å²) in [7, 11) is 0. The van der Waals surface area contributed by atoms with E-state index in [4.69, 9.17) is 0 Å². The number of hydrogen-bond donors (Lipinski definition) is 1. The number of anilines is 2. The van der Waals surface area contributed by atoms with E-state index in [-0.39, 0.29) is 5.91 Å². The maximum absolute atomic E-state index is 12.2. The second-order valence-corrected chi connectivity index (χ2v) is 7.64. The lowest BCUT2D eigenvalue weighted by Gasteiger charge is -2.34. The summed E-state index contributed by atoms with van der Waals surface area (Å²) >= 11 is 1.45. The summed E-state index contributed by atoms with van der Waals surface area (Å²) in [6.07, 6.45) is 6.28. The molecule has 1 N–H and O–H groups in total. The number of nitrogens with zero attached hydrogens (tertiary/aromatic N) is 3. The van der Waals surface area contributed by atoms with Gasteiger partial charge >= 0.3 is 0 Å². The van der Waals surface area contributed by atoms with Gasteiger partial charge in [-0.25, -0.2) is 9.97 Å². The first-order chi connectivity index (χ1) is 12.7. The van der Waals surface area contributed by atoms with Crippen molar-refractivity contribution in [1.29, 1.82) is 0 Å². The van der Waals surface area contributed by atoms with Crippen LogP contribution in [0.1, 0.15) is 38.7 Å². The Morgan fingerprint density at radius 3 is 2.81 bits per heavy atom. The molecule has 0 bridgehead atoms. The highest BCUT2D eigenvalue weighted by Gasteiger charge is 2.20. The highest BCUT2D eigenvalue weighted by molar-refractivity contribution is 7.99. The summed E-state index contributed by atoms with van der Waals surface area (Å²) < 4.78 is 0. The minimum absolute atomic E-state index is 0.0225. The first kappa shape index (κ1) is 18.7. The van der Waals surface area contributed by atoms with E-state index in [0.29, 0.717) is 11.8 Å². The minimum Gasteiger partial charge on any atom is -0.354 e. The Kier molecular flexibility index (Phi) is 6.50. The molecule has 1 fully saturated rings. The molecule has 1 aromatic carbocycles. The van der Waals surface area contributed by atoms with Gasteiger partial charge in [0.05, 0.1) is 5.75 Å². The third kappa shape index (κ3) is 4.97. The van der Waals surface area contributed by atoms with Gasteiger partial charge in [0.1, 0.15) is 17.2 Å². The molecule has 0 unspecified atom stereocenters. The average molecular weight is 371 g/mol. The fraction of sp³-hybridized carbons (Fsp3) is 0.450. The molecule has 0 spiro atoms. The van der Waals surface area contributed by atoms with E-state index < -0.39 is 0 Å². The molecule has 2 heterocycles. The molecule has 3 rings (SSSR count). The number of carbonyl (C=O) groups is 1. The molecule has 0 aliphatic carbocycles. The van der Waals surface area contributed by atoms with Gasteiger partial charge in [0.2, 0.25) is 5.91 Å². The summed E-state index contributed by atoms with van der Waals surface area (Å²) in [5.41, 5.74) is 2.09. The monoisotopic (exact) mass is 370 g/mol. The number of piperidine rings is 1. The van der Waals surface area contributed by atoms with Crippen molar-refractivity contribution in [2.75, 3.05) is 22.5 Å². The molecule has 1 aliphatic rings. The van der Waals surface area contributed by atoms with E-state index in [0.717, 1.165) is 29.5 Å². The van der Waals surface area contributed by atoms with Crippen molar-refractivity contribution < 1.29 is 4.79 Å². The number of benzene rings is 1. The number of hydrogen-bond acceptors (Lipinski definition) is 5. The predicted octanol–water partition coefficient (Wildman–Crippen LogP) is 4.15. The normalized spacial score (nSPS) is 17.2. The van der Waals surface area contributed by atoms with Crippen LogP contribution in [0.2, 0.25) is 0 Å². The fourth-order valence-corrected chi connectivity index (χ4v) is 3.83. The van der Waals surface area contributed by atoms with Crippen molar-refractivity contribution >= 4 is 29.2 Å². The van der Waals surface area contributed by atoms with Crippen molar-refractivity contribution in [2.24, 2.45) is 0 Å². The largest absolute Gasteiger partial charge is 0.354 e. The van der Waals surface area contributed by atoms with Crippen LogP contribution in [0.5, 0.6) is 0 Å². The quantitative estimate of drug-likeness (QED) is 0.611. The molecule has 0 saturated carbocycles. The second-order valence-electron chi connectivity index (χ2n) is 6.64. The Labute approximate surface area is 159 Å². The lowest BCUT2D eigenvalue weighted by atomic mass is 10.0. The molecule has 138 valence electrons. The van der Waals surface area contributed by atoms with Crippen LogP contribution in [0.15, 0.2) is 41.7 Å². The highest BCUT2D eigenvalue weighted by atomic mass is 32.2. The average Bonchev–Trinajstić information content (AvgIpc) is 2.67. The molecule has 0 radical (unpaired) electrons. The summed E-state index contributed by atoms with van der Waals surface area (Å²) in [4.78, 5) is 23.3. The molecular formula is C20H26N4OS. The molecule has 1 amide bonds. The van der Waals surface area contributed by atoms with Crippen LogP contribution in [-0.2, 0) is 11.2 Å². The smallest absolute Gasteiger partial charge is 0.234 e. The fourth-order valence-electron chi connectivity index (χ4n) is 3.16. The zero-order valence-electron chi connectivity index (χ0n) is 15.4. The summed E-state index contributed by atoms with van der Waals surface area (Å²) in [5, 5.41) is 3.77. The van der Waals surface area contributed by atoms with Crippen LogP contribution in [0, 0.1) is 0 Å². The van der Waals surface area contributed by atoms with E-state index >= 15 is 0 Å². The van der Waals surface area contributed by atoms with E-state index in [1.54, 1.807) is 6.33 Å². The molecule has 1 aromatic heterocycles. The van der Waals surface area contributed by atoms with Crippen molar-refractivity contribution in [3.8, 4) is 0 Å². The third-order valence-electron chi connectivity index (χ3n) is 4.72. The molecular weight excluding hydrogens is 344 g/mol. The number of aromatic nitrogens is 2. The Morgan fingerprint density at radius 2 is 2.08 bits per heavy atom. The Hall–Kier alpha value is -2.08. The maximum atomic E-state index is 12.2. The molecule has 1 aliphatic heterocycles. The zero-order valence-corrected chi connectivity index (χ0v) is 16.3. The number of carbonyl (C=O) groups excluding carboxylic acids is 1. The van der Waals surface area contributed by atoms with Gasteiger partial charge in [-0.05, 0) is 50.3 Å². The Balaban J connectivity index is 1.55. The Bertz CT molecular complexity index is 735. The lowest BCUT2D eigenvalue weighted by Crippen LogP contribution is -2.38. The van der Waals surface area contributed by atoms with Crippen LogP contribution >= 0.6 is 11.8 Å². The lowest BCUT2D eigenvalue weighted by molar-refractivity contribution is -0.113. The predicted molar refractivity (Wildman–Crippen MR) is 108 cm³/mol. The van der Waals surface area contributed by atoms with Crippen molar-refractivity contribution in [3.63, 3.8) is 0 Å². The van der Waals surface area contributed by atoms with E-state index in [1.807, 2.05) is 30.3 Å². The summed E-state index contributed by atoms with van der Waals surface area (Å²) in [6.45, 7) is 5.40. The Morgan fingerprint density at radius 1 is 1.27 bits per heavy atom. The number of nitrogens with one attached hydrogen (secondary N) is 1. The number of rotatable bonds is 6. The summed E-state index contributed by atoms with van der Waals surface area (Å²) in [5.74, 6) is 1.28. The topological polar surface area (TPSA) is 58.1 Å². The van der Waals surface area contributed by atoms with E-state index in [9.17, 15) is 4.79 Å². The molecule has 2 aromatic rings.